The summed E-state index contributed by atoms with van der Waals surface area (Å²) in [5, 5.41) is 42.5. The van der Waals surface area contributed by atoms with Crippen molar-refractivity contribution < 1.29 is 48.8 Å². The van der Waals surface area contributed by atoms with Crippen LogP contribution in [0.5, 0.6) is 5.88 Å². The van der Waals surface area contributed by atoms with Crippen LogP contribution in [-0.2, 0) is 50.2 Å². The van der Waals surface area contributed by atoms with E-state index < -0.39 is 42.4 Å². The second-order valence-electron chi connectivity index (χ2n) is 11.5. The van der Waals surface area contributed by atoms with Crippen LogP contribution in [0.1, 0.15) is 55.3 Å². The minimum Gasteiger partial charge on any atom is -0.481 e. The molecule has 0 saturated carbocycles. The van der Waals surface area contributed by atoms with E-state index in [-0.39, 0.29) is 56.8 Å². The topological polar surface area (TPSA) is 312 Å². The van der Waals surface area contributed by atoms with E-state index in [1.807, 2.05) is 24.3 Å². The maximum atomic E-state index is 12.3. The molecular weight excluding hydrogens is 686 g/mol. The summed E-state index contributed by atoms with van der Waals surface area (Å²) in [5.74, 6) is -3.81. The van der Waals surface area contributed by atoms with Crippen LogP contribution in [-0.4, -0.2) is 98.8 Å². The molecule has 52 heavy (non-hydrogen) atoms. The number of H-pyrrole nitrogens is 1. The summed E-state index contributed by atoms with van der Waals surface area (Å²) < 4.78 is 12.9. The Labute approximate surface area is 295 Å². The molecule has 0 radical (unpaired) electrons. The van der Waals surface area contributed by atoms with Crippen molar-refractivity contribution >= 4 is 47.0 Å². The average Bonchev–Trinajstić information content (AvgIpc) is 3.77. The molecule has 4 aromatic rings. The van der Waals surface area contributed by atoms with Crippen LogP contribution in [0.4, 0.5) is 10.7 Å². The molecule has 2 atom stereocenters. The van der Waals surface area contributed by atoms with Crippen molar-refractivity contribution in [1.29, 1.82) is 0 Å². The number of unbranched alkanes of at least 4 members (excludes halogenated alkanes) is 1. The van der Waals surface area contributed by atoms with Crippen molar-refractivity contribution in [3.8, 4) is 5.88 Å². The fourth-order valence-corrected chi connectivity index (χ4v) is 4.74. The monoisotopic (exact) mass is 725 g/mol. The summed E-state index contributed by atoms with van der Waals surface area (Å²) in [7, 11) is 0. The zero-order valence-corrected chi connectivity index (χ0v) is 27.9. The van der Waals surface area contributed by atoms with Gasteiger partial charge in [0.1, 0.15) is 24.4 Å². The number of fused-ring (bicyclic) bond motifs is 1. The zero-order chi connectivity index (χ0) is 37.5. The molecule has 21 heteroatoms. The van der Waals surface area contributed by atoms with Gasteiger partial charge in [0.2, 0.25) is 17.7 Å². The molecule has 0 fully saturated rings. The summed E-state index contributed by atoms with van der Waals surface area (Å²) in [5.41, 5.74) is 9.01. The fourth-order valence-electron chi connectivity index (χ4n) is 4.74. The minimum absolute atomic E-state index is 0.0552. The molecule has 0 bridgehead atoms. The number of imidazole rings is 1. The number of carboxylic acid groups (broad SMARTS) is 3. The lowest BCUT2D eigenvalue weighted by Crippen LogP contribution is -2.51. The van der Waals surface area contributed by atoms with Crippen LogP contribution in [0.15, 0.2) is 36.8 Å². The molecule has 21 nitrogen and oxygen atoms in total. The molecule has 0 unspecified atom stereocenters. The number of aliphatic carboxylic acids is 3. The van der Waals surface area contributed by atoms with Gasteiger partial charge in [0.25, 0.3) is 0 Å². The Morgan fingerprint density at radius 2 is 1.62 bits per heavy atom. The number of aromatic nitrogens is 7. The molecule has 3 aromatic heterocycles. The highest BCUT2D eigenvalue weighted by Gasteiger charge is 2.24. The fraction of sp³-hybridized carbons (Fsp3) is 0.419. The van der Waals surface area contributed by atoms with Gasteiger partial charge in [-0.25, -0.2) is 19.4 Å². The zero-order valence-electron chi connectivity index (χ0n) is 27.9. The number of carbonyl (C=O) groups excluding carboxylic acids is 2. The van der Waals surface area contributed by atoms with Crippen molar-refractivity contribution in [2.75, 3.05) is 12.3 Å². The van der Waals surface area contributed by atoms with Gasteiger partial charge in [0, 0.05) is 25.9 Å². The second-order valence-corrected chi connectivity index (χ2v) is 11.5. The Kier molecular flexibility index (Phi) is 14.1. The second kappa shape index (κ2) is 19.1. The number of rotatable bonds is 22. The Morgan fingerprint density at radius 3 is 2.33 bits per heavy atom. The summed E-state index contributed by atoms with van der Waals surface area (Å²) >= 11 is 0. The molecule has 9 N–H and O–H groups in total. The molecule has 1 aromatic carbocycles. The molecule has 4 rings (SSSR count). The Hall–Kier alpha value is -6.38. The lowest BCUT2D eigenvalue weighted by molar-refractivity contribution is -0.141. The maximum Gasteiger partial charge on any atom is 0.326 e. The lowest BCUT2D eigenvalue weighted by Gasteiger charge is -2.18. The lowest BCUT2D eigenvalue weighted by atomic mass is 10.1. The molecular formula is C31H39N11O10. The van der Waals surface area contributed by atoms with Crippen molar-refractivity contribution in [3.05, 3.63) is 53.6 Å². The Balaban J connectivity index is 1.07. The van der Waals surface area contributed by atoms with Gasteiger partial charge in [-0.15, -0.1) is 5.10 Å². The third-order valence-corrected chi connectivity index (χ3v) is 7.45. The van der Waals surface area contributed by atoms with Crippen LogP contribution >= 0.6 is 0 Å². The van der Waals surface area contributed by atoms with Crippen LogP contribution in [0.3, 0.4) is 0 Å². The van der Waals surface area contributed by atoms with Gasteiger partial charge < -0.3 is 51.5 Å². The number of amides is 3. The van der Waals surface area contributed by atoms with Crippen LogP contribution < -0.4 is 26.4 Å². The quantitative estimate of drug-likeness (QED) is 0.0513. The average molecular weight is 726 g/mol. The number of hydrogen-bond donors (Lipinski definition) is 8. The van der Waals surface area contributed by atoms with Gasteiger partial charge >= 0.3 is 23.9 Å². The highest BCUT2D eigenvalue weighted by Crippen LogP contribution is 2.21. The van der Waals surface area contributed by atoms with E-state index in [0.29, 0.717) is 42.8 Å². The first kappa shape index (κ1) is 38.4. The van der Waals surface area contributed by atoms with Gasteiger partial charge in [-0.2, -0.15) is 9.97 Å². The van der Waals surface area contributed by atoms with Crippen LogP contribution in [0.2, 0.25) is 0 Å². The van der Waals surface area contributed by atoms with Crippen LogP contribution in [0.25, 0.3) is 11.2 Å². The number of anilines is 1. The van der Waals surface area contributed by atoms with E-state index in [9.17, 15) is 29.1 Å². The third kappa shape index (κ3) is 12.5. The van der Waals surface area contributed by atoms with Crippen molar-refractivity contribution in [1.82, 2.24) is 50.9 Å². The van der Waals surface area contributed by atoms with E-state index in [2.05, 4.69) is 46.2 Å². The number of ether oxygens (including phenoxy) is 2. The normalized spacial score (nSPS) is 12.2. The van der Waals surface area contributed by atoms with E-state index in [4.69, 9.17) is 25.4 Å². The number of nitrogens with zero attached hydrogens (tertiary/aromatic N) is 6. The standard InChI is InChI=1S/C31H39N11O10/c32-30-38-26-25(34-17-35-26)27(39-30)52-15-19-6-4-18(5-7-19)13-33-23(43)10-12-51-16-20-14-42(41-40-20)11-2-1-3-21(28(46)47)36-31(50)37-22(29(48)49)8-9-24(44)45/h4-7,14,17,21-22H,1-3,8-13,15-16H2,(H,33,43)(H,44,45)(H,46,47)(H,48,49)(H2,36,37,50)(H3,32,34,35,38,39)/t21-,22-/m0/s1. The molecule has 278 valence electrons. The van der Waals surface area contributed by atoms with Gasteiger partial charge in [-0.3, -0.25) is 14.3 Å². The van der Waals surface area contributed by atoms with Gasteiger partial charge in [0.05, 0.1) is 25.7 Å². The number of benzene rings is 1. The number of nitrogens with one attached hydrogen (secondary N) is 4. The number of aromatic amines is 1. The number of urea groups is 1. The van der Waals surface area contributed by atoms with E-state index in [0.717, 1.165) is 11.1 Å². The van der Waals surface area contributed by atoms with Crippen LogP contribution in [0, 0.1) is 0 Å². The first-order valence-corrected chi connectivity index (χ1v) is 16.1. The molecule has 3 heterocycles. The highest BCUT2D eigenvalue weighted by atomic mass is 16.5. The van der Waals surface area contributed by atoms with Gasteiger partial charge in [-0.05, 0) is 36.8 Å². The number of carbonyl (C=O) groups is 5. The largest absolute Gasteiger partial charge is 0.481 e. The summed E-state index contributed by atoms with van der Waals surface area (Å²) in [6.45, 7) is 1.27. The maximum absolute atomic E-state index is 12.3. The summed E-state index contributed by atoms with van der Waals surface area (Å²) in [6, 6.07) is 3.72. The molecule has 0 aliphatic carbocycles. The van der Waals surface area contributed by atoms with Crippen molar-refractivity contribution in [3.63, 3.8) is 0 Å². The van der Waals surface area contributed by atoms with Crippen molar-refractivity contribution in [2.24, 2.45) is 0 Å². The predicted molar refractivity (Wildman–Crippen MR) is 178 cm³/mol. The summed E-state index contributed by atoms with van der Waals surface area (Å²) in [6.07, 6.45) is 3.39. The predicted octanol–water partition coefficient (Wildman–Crippen LogP) is 0.569. The van der Waals surface area contributed by atoms with E-state index in [1.54, 1.807) is 10.9 Å². The Morgan fingerprint density at radius 1 is 0.904 bits per heavy atom. The smallest absolute Gasteiger partial charge is 0.326 e. The number of nitrogens with two attached hydrogens (primary N) is 1. The first-order chi connectivity index (χ1) is 25.0. The molecule has 0 aliphatic heterocycles. The SMILES string of the molecule is Nc1nc(OCc2ccc(CNC(=O)CCOCc3cn(CCCC[C@H](NC(=O)N[C@@H](CCC(=O)O)C(=O)O)C(=O)O)nn3)cc2)c2nc[nH]c2n1. The summed E-state index contributed by atoms with van der Waals surface area (Å²) in [4.78, 5) is 73.2. The molecule has 0 aliphatic rings. The highest BCUT2D eigenvalue weighted by molar-refractivity contribution is 5.86. The minimum atomic E-state index is -1.48. The third-order valence-electron chi connectivity index (χ3n) is 7.45. The number of nitrogen functional groups attached to an aromatic ring is 1. The van der Waals surface area contributed by atoms with E-state index >= 15 is 0 Å². The van der Waals surface area contributed by atoms with Gasteiger partial charge in [0.15, 0.2) is 11.2 Å². The molecule has 0 spiro atoms. The number of carboxylic acids is 3. The first-order valence-electron chi connectivity index (χ1n) is 16.1. The van der Waals surface area contributed by atoms with Gasteiger partial charge in [-0.1, -0.05) is 29.5 Å². The Bertz CT molecular complexity index is 1830. The van der Waals surface area contributed by atoms with Crippen molar-refractivity contribution in [2.45, 2.75) is 76.9 Å². The number of hydrogen-bond acceptors (Lipinski definition) is 13. The molecule has 3 amide bonds. The molecule has 0 saturated heterocycles. The number of aryl methyl sites for hydroxylation is 1. The van der Waals surface area contributed by atoms with E-state index in [1.165, 1.54) is 6.33 Å².